The van der Waals surface area contributed by atoms with E-state index in [0.29, 0.717) is 6.54 Å². The van der Waals surface area contributed by atoms with Gasteiger partial charge in [0.15, 0.2) is 0 Å². The van der Waals surface area contributed by atoms with Crippen molar-refractivity contribution in [3.8, 4) is 0 Å². The van der Waals surface area contributed by atoms with Gasteiger partial charge in [-0.25, -0.2) is 0 Å². The van der Waals surface area contributed by atoms with Crippen LogP contribution >= 0.6 is 27.5 Å². The zero-order chi connectivity index (χ0) is 13.8. The third-order valence-electron chi connectivity index (χ3n) is 3.01. The van der Waals surface area contributed by atoms with Crippen molar-refractivity contribution in [1.82, 2.24) is 0 Å². The molecule has 2 rings (SSSR count). The van der Waals surface area contributed by atoms with E-state index in [9.17, 15) is 0 Å². The summed E-state index contributed by atoms with van der Waals surface area (Å²) in [5.41, 5.74) is 9.20. The van der Waals surface area contributed by atoms with Crippen molar-refractivity contribution in [3.63, 3.8) is 0 Å². The minimum atomic E-state index is 0.511. The van der Waals surface area contributed by atoms with Gasteiger partial charge >= 0.3 is 0 Å². The van der Waals surface area contributed by atoms with Crippen LogP contribution in [0.5, 0.6) is 0 Å². The molecule has 4 heteroatoms. The van der Waals surface area contributed by atoms with Crippen molar-refractivity contribution < 1.29 is 0 Å². The minimum Gasteiger partial charge on any atom is -0.370 e. The number of anilines is 1. The molecular formula is C15H16BrClN2. The molecule has 0 saturated carbocycles. The first-order valence-corrected chi connectivity index (χ1v) is 7.21. The van der Waals surface area contributed by atoms with E-state index in [1.807, 2.05) is 37.4 Å². The Morgan fingerprint density at radius 3 is 2.47 bits per heavy atom. The zero-order valence-corrected chi connectivity index (χ0v) is 13.1. The van der Waals surface area contributed by atoms with E-state index in [0.717, 1.165) is 27.3 Å². The van der Waals surface area contributed by atoms with E-state index in [1.165, 1.54) is 5.56 Å². The van der Waals surface area contributed by atoms with Crippen LogP contribution in [0.2, 0.25) is 5.02 Å². The number of nitrogens with zero attached hydrogens (tertiary/aromatic N) is 1. The molecule has 0 amide bonds. The molecule has 0 radical (unpaired) electrons. The predicted molar refractivity (Wildman–Crippen MR) is 85.6 cm³/mol. The van der Waals surface area contributed by atoms with Crippen molar-refractivity contribution in [3.05, 3.63) is 63.1 Å². The van der Waals surface area contributed by atoms with Crippen LogP contribution in [-0.4, -0.2) is 7.05 Å². The second-order valence-electron chi connectivity index (χ2n) is 4.46. The molecule has 0 aromatic heterocycles. The number of hydrogen-bond acceptors (Lipinski definition) is 2. The molecule has 2 aromatic carbocycles. The Hall–Kier alpha value is -1.03. The average Bonchev–Trinajstić information content (AvgIpc) is 2.41. The summed E-state index contributed by atoms with van der Waals surface area (Å²) < 4.78 is 1.09. The molecule has 0 fully saturated rings. The smallest absolute Gasteiger partial charge is 0.0427 e. The molecule has 0 unspecified atom stereocenters. The fourth-order valence-electron chi connectivity index (χ4n) is 2.01. The van der Waals surface area contributed by atoms with Crippen molar-refractivity contribution >= 4 is 33.2 Å². The van der Waals surface area contributed by atoms with Gasteiger partial charge in [-0.05, 0) is 35.4 Å². The van der Waals surface area contributed by atoms with Gasteiger partial charge in [0.05, 0.1) is 0 Å². The first kappa shape index (κ1) is 14.4. The van der Waals surface area contributed by atoms with E-state index in [1.54, 1.807) is 0 Å². The Morgan fingerprint density at radius 2 is 1.84 bits per heavy atom. The molecule has 0 aliphatic heterocycles. The highest BCUT2D eigenvalue weighted by atomic mass is 79.9. The molecule has 0 saturated heterocycles. The molecule has 19 heavy (non-hydrogen) atoms. The minimum absolute atomic E-state index is 0.511. The largest absolute Gasteiger partial charge is 0.370 e. The summed E-state index contributed by atoms with van der Waals surface area (Å²) in [6.07, 6.45) is 0. The summed E-state index contributed by atoms with van der Waals surface area (Å²) in [6.45, 7) is 1.33. The van der Waals surface area contributed by atoms with E-state index < -0.39 is 0 Å². The molecule has 2 N–H and O–H groups in total. The van der Waals surface area contributed by atoms with Crippen LogP contribution in [0.1, 0.15) is 11.1 Å². The molecule has 2 nitrogen and oxygen atoms in total. The fourth-order valence-corrected chi connectivity index (χ4v) is 2.44. The second kappa shape index (κ2) is 6.42. The molecule has 0 heterocycles. The third kappa shape index (κ3) is 3.72. The maximum atomic E-state index is 6.07. The topological polar surface area (TPSA) is 29.3 Å². The standard InChI is InChI=1S/C15H16BrClN2/c1-19(10-11-2-5-13(16)6-3-11)15-8-14(17)7-4-12(15)9-18/h2-8H,9-10,18H2,1H3. The zero-order valence-electron chi connectivity index (χ0n) is 10.7. The van der Waals surface area contributed by atoms with Crippen molar-refractivity contribution in [2.45, 2.75) is 13.1 Å². The Balaban J connectivity index is 2.21. The summed E-state index contributed by atoms with van der Waals surface area (Å²) in [4.78, 5) is 2.16. The van der Waals surface area contributed by atoms with Crippen LogP contribution in [0.3, 0.4) is 0 Å². The molecule has 100 valence electrons. The van der Waals surface area contributed by atoms with Gasteiger partial charge in [0.1, 0.15) is 0 Å². The molecular weight excluding hydrogens is 324 g/mol. The number of nitrogens with two attached hydrogens (primary N) is 1. The van der Waals surface area contributed by atoms with Crippen LogP contribution in [0.15, 0.2) is 46.9 Å². The fraction of sp³-hybridized carbons (Fsp3) is 0.200. The highest BCUT2D eigenvalue weighted by Gasteiger charge is 2.08. The van der Waals surface area contributed by atoms with Gasteiger partial charge in [-0.2, -0.15) is 0 Å². The van der Waals surface area contributed by atoms with Crippen molar-refractivity contribution in [2.75, 3.05) is 11.9 Å². The molecule has 2 aromatic rings. The number of benzene rings is 2. The quantitative estimate of drug-likeness (QED) is 0.904. The second-order valence-corrected chi connectivity index (χ2v) is 5.81. The lowest BCUT2D eigenvalue weighted by molar-refractivity contribution is 0.904. The van der Waals surface area contributed by atoms with Gasteiger partial charge < -0.3 is 10.6 Å². The van der Waals surface area contributed by atoms with Crippen LogP contribution in [-0.2, 0) is 13.1 Å². The summed E-state index contributed by atoms with van der Waals surface area (Å²) >= 11 is 9.51. The lowest BCUT2D eigenvalue weighted by Crippen LogP contribution is -2.18. The molecule has 0 atom stereocenters. The van der Waals surface area contributed by atoms with E-state index >= 15 is 0 Å². The van der Waals surface area contributed by atoms with Gasteiger partial charge in [-0.3, -0.25) is 0 Å². The van der Waals surface area contributed by atoms with E-state index in [4.69, 9.17) is 17.3 Å². The Bertz CT molecular complexity index is 555. The van der Waals surface area contributed by atoms with E-state index in [2.05, 4.69) is 33.0 Å². The maximum Gasteiger partial charge on any atom is 0.0427 e. The summed E-state index contributed by atoms with van der Waals surface area (Å²) in [7, 11) is 2.05. The number of halogens is 2. The van der Waals surface area contributed by atoms with Crippen molar-refractivity contribution in [1.29, 1.82) is 0 Å². The van der Waals surface area contributed by atoms with E-state index in [-0.39, 0.29) is 0 Å². The normalized spacial score (nSPS) is 10.5. The summed E-state index contributed by atoms with van der Waals surface area (Å²) in [6, 6.07) is 14.1. The molecule has 0 spiro atoms. The maximum absolute atomic E-state index is 6.07. The monoisotopic (exact) mass is 338 g/mol. The molecule has 0 aliphatic rings. The van der Waals surface area contributed by atoms with Crippen LogP contribution in [0, 0.1) is 0 Å². The SMILES string of the molecule is CN(Cc1ccc(Br)cc1)c1cc(Cl)ccc1CN. The third-order valence-corrected chi connectivity index (χ3v) is 3.78. The van der Waals surface area contributed by atoms with Crippen LogP contribution in [0.25, 0.3) is 0 Å². The molecule has 0 aliphatic carbocycles. The van der Waals surface area contributed by atoms with Crippen LogP contribution < -0.4 is 10.6 Å². The van der Waals surface area contributed by atoms with Gasteiger partial charge in [0, 0.05) is 35.3 Å². The van der Waals surface area contributed by atoms with Gasteiger partial charge in [0.2, 0.25) is 0 Å². The first-order chi connectivity index (χ1) is 9.10. The lowest BCUT2D eigenvalue weighted by Gasteiger charge is -2.22. The van der Waals surface area contributed by atoms with Gasteiger partial charge in [-0.15, -0.1) is 0 Å². The highest BCUT2D eigenvalue weighted by molar-refractivity contribution is 9.10. The summed E-state index contributed by atoms with van der Waals surface area (Å²) in [5, 5.41) is 0.731. The van der Waals surface area contributed by atoms with Crippen LogP contribution in [0.4, 0.5) is 5.69 Å². The summed E-state index contributed by atoms with van der Waals surface area (Å²) in [5.74, 6) is 0. The van der Waals surface area contributed by atoms with Gasteiger partial charge in [-0.1, -0.05) is 45.7 Å². The number of hydrogen-bond donors (Lipinski definition) is 1. The van der Waals surface area contributed by atoms with Crippen molar-refractivity contribution in [2.24, 2.45) is 5.73 Å². The first-order valence-electron chi connectivity index (χ1n) is 6.04. The predicted octanol–water partition coefficient (Wildman–Crippen LogP) is 4.20. The lowest BCUT2D eigenvalue weighted by atomic mass is 10.1. The Labute approximate surface area is 127 Å². The number of rotatable bonds is 4. The Kier molecular flexibility index (Phi) is 4.86. The highest BCUT2D eigenvalue weighted by Crippen LogP contribution is 2.25. The Morgan fingerprint density at radius 1 is 1.16 bits per heavy atom. The average molecular weight is 340 g/mol. The molecule has 0 bridgehead atoms. The van der Waals surface area contributed by atoms with Gasteiger partial charge in [0.25, 0.3) is 0 Å².